The van der Waals surface area contributed by atoms with E-state index in [0.717, 1.165) is 27.1 Å². The van der Waals surface area contributed by atoms with E-state index in [0.29, 0.717) is 5.56 Å². The molecule has 6 heteroatoms. The number of hydrogen-bond acceptors (Lipinski definition) is 4. The third-order valence-corrected chi connectivity index (χ3v) is 4.79. The quantitative estimate of drug-likeness (QED) is 0.549. The van der Waals surface area contributed by atoms with Crippen molar-refractivity contribution in [2.45, 2.75) is 18.9 Å². The highest BCUT2D eigenvalue weighted by atomic mass is 32.2. The standard InChI is InChI=1S/C20H19N3O2S/c1-13-7-9-15(10-8-13)20(25)23-22-18(24)12-26-19-11-14(2)16-5-3-4-6-17(16)21-19/h3-11H,12H2,1-2H3,(H,22,24)(H,23,25). The summed E-state index contributed by atoms with van der Waals surface area (Å²) in [4.78, 5) is 28.5. The summed E-state index contributed by atoms with van der Waals surface area (Å²) >= 11 is 1.33. The Bertz CT molecular complexity index is 955. The van der Waals surface area contributed by atoms with Gasteiger partial charge in [0.25, 0.3) is 5.91 Å². The molecular formula is C20H19N3O2S. The van der Waals surface area contributed by atoms with Crippen LogP contribution in [0.4, 0.5) is 0 Å². The number of amides is 2. The predicted molar refractivity (Wildman–Crippen MR) is 104 cm³/mol. The van der Waals surface area contributed by atoms with Crippen molar-refractivity contribution in [3.63, 3.8) is 0 Å². The van der Waals surface area contributed by atoms with Gasteiger partial charge in [-0.05, 0) is 43.7 Å². The Labute approximate surface area is 156 Å². The van der Waals surface area contributed by atoms with Crippen LogP contribution in [0.25, 0.3) is 10.9 Å². The number of nitrogens with zero attached hydrogens (tertiary/aromatic N) is 1. The summed E-state index contributed by atoms with van der Waals surface area (Å²) in [6, 6.07) is 17.0. The number of aryl methyl sites for hydroxylation is 2. The van der Waals surface area contributed by atoms with Crippen LogP contribution in [0.3, 0.4) is 0 Å². The largest absolute Gasteiger partial charge is 0.272 e. The maximum absolute atomic E-state index is 12.0. The lowest BCUT2D eigenvalue weighted by Crippen LogP contribution is -2.42. The second-order valence-electron chi connectivity index (χ2n) is 5.95. The Morgan fingerprint density at radius 1 is 1.00 bits per heavy atom. The van der Waals surface area contributed by atoms with Gasteiger partial charge in [0, 0.05) is 10.9 Å². The number of aromatic nitrogens is 1. The zero-order valence-electron chi connectivity index (χ0n) is 14.6. The normalized spacial score (nSPS) is 10.5. The Morgan fingerprint density at radius 2 is 1.73 bits per heavy atom. The van der Waals surface area contributed by atoms with Crippen LogP contribution in [0.1, 0.15) is 21.5 Å². The molecule has 0 spiro atoms. The van der Waals surface area contributed by atoms with Crippen LogP contribution >= 0.6 is 11.8 Å². The lowest BCUT2D eigenvalue weighted by atomic mass is 10.1. The molecule has 2 aromatic carbocycles. The first-order valence-corrected chi connectivity index (χ1v) is 9.16. The first kappa shape index (κ1) is 17.9. The topological polar surface area (TPSA) is 71.1 Å². The van der Waals surface area contributed by atoms with Crippen LogP contribution in [0.15, 0.2) is 59.6 Å². The van der Waals surface area contributed by atoms with E-state index in [-0.39, 0.29) is 17.6 Å². The lowest BCUT2D eigenvalue weighted by molar-refractivity contribution is -0.119. The van der Waals surface area contributed by atoms with Crippen molar-refractivity contribution < 1.29 is 9.59 Å². The van der Waals surface area contributed by atoms with Crippen LogP contribution < -0.4 is 10.9 Å². The number of hydrazine groups is 1. The van der Waals surface area contributed by atoms with Crippen molar-refractivity contribution in [2.75, 3.05) is 5.75 Å². The molecule has 0 saturated heterocycles. The monoisotopic (exact) mass is 365 g/mol. The van der Waals surface area contributed by atoms with Crippen LogP contribution in [0.5, 0.6) is 0 Å². The van der Waals surface area contributed by atoms with E-state index >= 15 is 0 Å². The average molecular weight is 365 g/mol. The molecule has 0 atom stereocenters. The van der Waals surface area contributed by atoms with Gasteiger partial charge in [0.1, 0.15) is 0 Å². The molecule has 0 bridgehead atoms. The van der Waals surface area contributed by atoms with Crippen molar-refractivity contribution in [3.05, 3.63) is 71.3 Å². The van der Waals surface area contributed by atoms with E-state index in [1.54, 1.807) is 12.1 Å². The maximum Gasteiger partial charge on any atom is 0.269 e. The molecular weight excluding hydrogens is 346 g/mol. The van der Waals surface area contributed by atoms with Crippen LogP contribution in [-0.2, 0) is 4.79 Å². The highest BCUT2D eigenvalue weighted by Gasteiger charge is 2.09. The van der Waals surface area contributed by atoms with Crippen molar-refractivity contribution in [2.24, 2.45) is 0 Å². The molecule has 0 radical (unpaired) electrons. The van der Waals surface area contributed by atoms with Gasteiger partial charge < -0.3 is 0 Å². The van der Waals surface area contributed by atoms with Gasteiger partial charge in [-0.15, -0.1) is 0 Å². The van der Waals surface area contributed by atoms with Gasteiger partial charge >= 0.3 is 0 Å². The lowest BCUT2D eigenvalue weighted by Gasteiger charge is -2.08. The number of nitrogens with one attached hydrogen (secondary N) is 2. The van der Waals surface area contributed by atoms with Crippen molar-refractivity contribution >= 4 is 34.5 Å². The van der Waals surface area contributed by atoms with Gasteiger partial charge in [-0.25, -0.2) is 4.98 Å². The van der Waals surface area contributed by atoms with Gasteiger partial charge in [0.15, 0.2) is 0 Å². The Kier molecular flexibility index (Phi) is 5.53. The highest BCUT2D eigenvalue weighted by molar-refractivity contribution is 7.99. The molecule has 0 unspecified atom stereocenters. The first-order chi connectivity index (χ1) is 12.5. The first-order valence-electron chi connectivity index (χ1n) is 8.18. The summed E-state index contributed by atoms with van der Waals surface area (Å²) in [5.74, 6) is -0.468. The smallest absolute Gasteiger partial charge is 0.269 e. The fraction of sp³-hybridized carbons (Fsp3) is 0.150. The Morgan fingerprint density at radius 3 is 2.50 bits per heavy atom. The minimum atomic E-state index is -0.344. The molecule has 0 fully saturated rings. The van der Waals surface area contributed by atoms with Gasteiger partial charge in [-0.1, -0.05) is 47.7 Å². The molecule has 3 aromatic rings. The summed E-state index contributed by atoms with van der Waals surface area (Å²) in [5, 5.41) is 1.88. The van der Waals surface area contributed by atoms with E-state index in [1.165, 1.54) is 11.8 Å². The number of fused-ring (bicyclic) bond motifs is 1. The Balaban J connectivity index is 1.54. The van der Waals surface area contributed by atoms with Gasteiger partial charge in [0.2, 0.25) is 5.91 Å². The fourth-order valence-electron chi connectivity index (χ4n) is 2.47. The average Bonchev–Trinajstić information content (AvgIpc) is 2.65. The second-order valence-corrected chi connectivity index (χ2v) is 6.95. The van der Waals surface area contributed by atoms with Crippen LogP contribution in [0, 0.1) is 13.8 Å². The summed E-state index contributed by atoms with van der Waals surface area (Å²) < 4.78 is 0. The fourth-order valence-corrected chi connectivity index (χ4v) is 3.25. The molecule has 0 saturated carbocycles. The van der Waals surface area contributed by atoms with Gasteiger partial charge in [0.05, 0.1) is 16.3 Å². The van der Waals surface area contributed by atoms with Gasteiger partial charge in [-0.3, -0.25) is 20.4 Å². The highest BCUT2D eigenvalue weighted by Crippen LogP contribution is 2.23. The number of benzene rings is 2. The number of para-hydroxylation sites is 1. The van der Waals surface area contributed by atoms with Crippen LogP contribution in [0.2, 0.25) is 0 Å². The number of carbonyl (C=O) groups is 2. The third-order valence-electron chi connectivity index (χ3n) is 3.88. The molecule has 132 valence electrons. The summed E-state index contributed by atoms with van der Waals surface area (Å²) in [6.07, 6.45) is 0. The van der Waals surface area contributed by atoms with E-state index in [1.807, 2.05) is 56.3 Å². The van der Waals surface area contributed by atoms with Crippen molar-refractivity contribution in [1.82, 2.24) is 15.8 Å². The number of pyridine rings is 1. The number of carbonyl (C=O) groups excluding carboxylic acids is 2. The van der Waals surface area contributed by atoms with Gasteiger partial charge in [-0.2, -0.15) is 0 Å². The maximum atomic E-state index is 12.0. The molecule has 0 aliphatic carbocycles. The molecule has 1 heterocycles. The zero-order chi connectivity index (χ0) is 18.5. The number of rotatable bonds is 4. The van der Waals surface area contributed by atoms with E-state index in [2.05, 4.69) is 15.8 Å². The number of hydrogen-bond donors (Lipinski definition) is 2. The summed E-state index contributed by atoms with van der Waals surface area (Å²) in [5.41, 5.74) is 8.44. The molecule has 1 aromatic heterocycles. The molecule has 26 heavy (non-hydrogen) atoms. The third kappa shape index (κ3) is 4.40. The zero-order valence-corrected chi connectivity index (χ0v) is 15.4. The van der Waals surface area contributed by atoms with E-state index < -0.39 is 0 Å². The molecule has 3 rings (SSSR count). The van der Waals surface area contributed by atoms with Crippen molar-refractivity contribution in [1.29, 1.82) is 0 Å². The van der Waals surface area contributed by atoms with E-state index in [9.17, 15) is 9.59 Å². The molecule has 2 N–H and O–H groups in total. The second kappa shape index (κ2) is 8.01. The van der Waals surface area contributed by atoms with Crippen molar-refractivity contribution in [3.8, 4) is 0 Å². The molecule has 0 aliphatic heterocycles. The molecule has 0 aliphatic rings. The minimum absolute atomic E-state index is 0.166. The minimum Gasteiger partial charge on any atom is -0.272 e. The summed E-state index contributed by atoms with van der Waals surface area (Å²) in [7, 11) is 0. The SMILES string of the molecule is Cc1ccc(C(=O)NNC(=O)CSc2cc(C)c3ccccc3n2)cc1. The summed E-state index contributed by atoms with van der Waals surface area (Å²) in [6.45, 7) is 3.97. The molecule has 2 amide bonds. The number of thioether (sulfide) groups is 1. The molecule has 5 nitrogen and oxygen atoms in total. The predicted octanol–water partition coefficient (Wildman–Crippen LogP) is 3.40. The van der Waals surface area contributed by atoms with E-state index in [4.69, 9.17) is 0 Å². The Hall–Kier alpha value is -2.86. The van der Waals surface area contributed by atoms with Crippen LogP contribution in [-0.4, -0.2) is 22.6 Å².